The molecule has 2 atom stereocenters. The van der Waals surface area contributed by atoms with Crippen molar-refractivity contribution in [3.63, 3.8) is 0 Å². The van der Waals surface area contributed by atoms with E-state index in [1.165, 1.54) is 0 Å². The number of ether oxygens (including phenoxy) is 2. The Kier molecular flexibility index (Phi) is 5.72. The van der Waals surface area contributed by atoms with Gasteiger partial charge in [0.2, 0.25) is 0 Å². The second kappa shape index (κ2) is 8.17. The zero-order valence-electron chi connectivity index (χ0n) is 14.5. The van der Waals surface area contributed by atoms with Crippen LogP contribution in [0.5, 0.6) is 0 Å². The molecular formula is C17H24N4O4. The Morgan fingerprint density at radius 3 is 3.08 bits per heavy atom. The number of rotatable bonds is 7. The zero-order chi connectivity index (χ0) is 17.6. The summed E-state index contributed by atoms with van der Waals surface area (Å²) in [4.78, 5) is 12.3. The van der Waals surface area contributed by atoms with Gasteiger partial charge in [-0.15, -0.1) is 0 Å². The van der Waals surface area contributed by atoms with E-state index in [1.54, 1.807) is 24.2 Å². The number of urea groups is 1. The molecule has 1 aliphatic rings. The number of aryl methyl sites for hydroxylation is 1. The number of anilines is 1. The quantitative estimate of drug-likeness (QED) is 0.802. The number of methoxy groups -OCH3 is 1. The molecule has 8 heteroatoms. The molecule has 2 aromatic heterocycles. The minimum atomic E-state index is -0.361. The Bertz CT molecular complexity index is 690. The second-order valence-corrected chi connectivity index (χ2v) is 6.14. The van der Waals surface area contributed by atoms with Gasteiger partial charge in [0, 0.05) is 19.9 Å². The van der Waals surface area contributed by atoms with E-state index in [0.29, 0.717) is 24.6 Å². The summed E-state index contributed by atoms with van der Waals surface area (Å²) in [5.74, 6) is 1.44. The summed E-state index contributed by atoms with van der Waals surface area (Å²) in [6.07, 6.45) is 5.76. The van der Waals surface area contributed by atoms with Crippen molar-refractivity contribution >= 4 is 11.7 Å². The van der Waals surface area contributed by atoms with Crippen molar-refractivity contribution in [3.05, 3.63) is 36.0 Å². The molecule has 136 valence electrons. The van der Waals surface area contributed by atoms with Crippen molar-refractivity contribution < 1.29 is 18.7 Å². The van der Waals surface area contributed by atoms with E-state index in [-0.39, 0.29) is 18.2 Å². The van der Waals surface area contributed by atoms with E-state index in [4.69, 9.17) is 13.9 Å². The molecule has 2 N–H and O–H groups in total. The molecular weight excluding hydrogens is 324 g/mol. The minimum Gasteiger partial charge on any atom is -0.464 e. The fraction of sp³-hybridized carbons (Fsp3) is 0.529. The number of hydrogen-bond donors (Lipinski definition) is 2. The predicted molar refractivity (Wildman–Crippen MR) is 91.4 cm³/mol. The molecule has 8 nitrogen and oxygen atoms in total. The van der Waals surface area contributed by atoms with Gasteiger partial charge in [0.15, 0.2) is 0 Å². The van der Waals surface area contributed by atoms with Gasteiger partial charge in [-0.1, -0.05) is 0 Å². The third-order valence-corrected chi connectivity index (χ3v) is 4.05. The van der Waals surface area contributed by atoms with Crippen LogP contribution in [0.15, 0.2) is 28.9 Å². The van der Waals surface area contributed by atoms with Crippen molar-refractivity contribution in [3.8, 4) is 0 Å². The lowest BCUT2D eigenvalue weighted by molar-refractivity contribution is 0.0940. The lowest BCUT2D eigenvalue weighted by Gasteiger charge is -2.16. The van der Waals surface area contributed by atoms with Crippen molar-refractivity contribution in [2.45, 2.75) is 38.5 Å². The molecule has 0 radical (unpaired) electrons. The summed E-state index contributed by atoms with van der Waals surface area (Å²) >= 11 is 0. The maximum atomic E-state index is 12.3. The van der Waals surface area contributed by atoms with E-state index in [2.05, 4.69) is 15.7 Å². The van der Waals surface area contributed by atoms with Gasteiger partial charge >= 0.3 is 6.03 Å². The average molecular weight is 348 g/mol. The van der Waals surface area contributed by atoms with E-state index in [9.17, 15) is 4.79 Å². The molecule has 2 aromatic rings. The Balaban J connectivity index is 1.54. The standard InChI is InChI=1S/C17H24N4O4/c1-12-5-6-16(25-12)15(11-23-2)20-17(22)19-13-8-18-21(9-13)10-14-4-3-7-24-14/h5-6,8-9,14-15H,3-4,7,10-11H2,1-2H3,(H2,19,20,22). The summed E-state index contributed by atoms with van der Waals surface area (Å²) in [6.45, 7) is 3.68. The summed E-state index contributed by atoms with van der Waals surface area (Å²) in [5, 5.41) is 9.89. The molecule has 0 aromatic carbocycles. The first-order valence-electron chi connectivity index (χ1n) is 8.41. The van der Waals surface area contributed by atoms with Crippen LogP contribution in [0.1, 0.15) is 30.4 Å². The average Bonchev–Trinajstić information content (AvgIpc) is 3.31. The van der Waals surface area contributed by atoms with E-state index < -0.39 is 0 Å². The molecule has 2 amide bonds. The predicted octanol–water partition coefficient (Wildman–Crippen LogP) is 2.47. The van der Waals surface area contributed by atoms with Crippen LogP contribution in [0.2, 0.25) is 0 Å². The van der Waals surface area contributed by atoms with Crippen LogP contribution in [-0.4, -0.2) is 42.2 Å². The fourth-order valence-electron chi connectivity index (χ4n) is 2.85. The first-order chi connectivity index (χ1) is 12.1. The highest BCUT2D eigenvalue weighted by Gasteiger charge is 2.19. The molecule has 0 saturated carbocycles. The number of carbonyl (C=O) groups excluding carboxylic acids is 1. The highest BCUT2D eigenvalue weighted by molar-refractivity contribution is 5.89. The molecule has 25 heavy (non-hydrogen) atoms. The zero-order valence-corrected chi connectivity index (χ0v) is 14.5. The van der Waals surface area contributed by atoms with Crippen LogP contribution in [0.4, 0.5) is 10.5 Å². The van der Waals surface area contributed by atoms with Gasteiger partial charge in [-0.3, -0.25) is 4.68 Å². The van der Waals surface area contributed by atoms with Crippen LogP contribution in [0.25, 0.3) is 0 Å². The number of amides is 2. The third-order valence-electron chi connectivity index (χ3n) is 4.05. The normalized spacial score (nSPS) is 18.2. The van der Waals surface area contributed by atoms with Gasteiger partial charge in [-0.05, 0) is 31.9 Å². The topological polar surface area (TPSA) is 90.6 Å². The summed E-state index contributed by atoms with van der Waals surface area (Å²) in [5.41, 5.74) is 0.627. The van der Waals surface area contributed by atoms with Crippen LogP contribution in [0, 0.1) is 6.92 Å². The molecule has 3 heterocycles. The van der Waals surface area contributed by atoms with Crippen LogP contribution in [0.3, 0.4) is 0 Å². The van der Waals surface area contributed by atoms with Gasteiger partial charge in [0.05, 0.1) is 31.1 Å². The Morgan fingerprint density at radius 1 is 1.52 bits per heavy atom. The summed E-state index contributed by atoms with van der Waals surface area (Å²) in [7, 11) is 1.58. The molecule has 0 aliphatic carbocycles. The van der Waals surface area contributed by atoms with Crippen molar-refractivity contribution in [1.82, 2.24) is 15.1 Å². The number of furan rings is 1. The van der Waals surface area contributed by atoms with E-state index in [0.717, 1.165) is 25.2 Å². The van der Waals surface area contributed by atoms with E-state index in [1.807, 2.05) is 19.1 Å². The first-order valence-corrected chi connectivity index (χ1v) is 8.41. The van der Waals surface area contributed by atoms with Gasteiger partial charge in [0.25, 0.3) is 0 Å². The van der Waals surface area contributed by atoms with Gasteiger partial charge < -0.3 is 24.5 Å². The molecule has 1 aliphatic heterocycles. The van der Waals surface area contributed by atoms with Crippen LogP contribution in [-0.2, 0) is 16.0 Å². The number of hydrogen-bond acceptors (Lipinski definition) is 5. The maximum absolute atomic E-state index is 12.3. The Hall–Kier alpha value is -2.32. The molecule has 0 spiro atoms. The Labute approximate surface area is 146 Å². The molecule has 1 fully saturated rings. The first kappa shape index (κ1) is 17.5. The number of aromatic nitrogens is 2. The van der Waals surface area contributed by atoms with Gasteiger partial charge in [-0.2, -0.15) is 5.10 Å². The summed E-state index contributed by atoms with van der Waals surface area (Å²) < 4.78 is 18.1. The largest absolute Gasteiger partial charge is 0.464 e. The van der Waals surface area contributed by atoms with Crippen molar-refractivity contribution in [2.75, 3.05) is 25.6 Å². The molecule has 2 unspecified atom stereocenters. The minimum absolute atomic E-state index is 0.204. The van der Waals surface area contributed by atoms with Crippen molar-refractivity contribution in [1.29, 1.82) is 0 Å². The van der Waals surface area contributed by atoms with Crippen LogP contribution < -0.4 is 10.6 Å². The highest BCUT2D eigenvalue weighted by atomic mass is 16.5. The number of nitrogens with zero attached hydrogens (tertiary/aromatic N) is 2. The molecule has 0 bridgehead atoms. The summed E-state index contributed by atoms with van der Waals surface area (Å²) in [6, 6.07) is 2.99. The molecule has 1 saturated heterocycles. The Morgan fingerprint density at radius 2 is 2.40 bits per heavy atom. The van der Waals surface area contributed by atoms with Crippen LogP contribution >= 0.6 is 0 Å². The lowest BCUT2D eigenvalue weighted by atomic mass is 10.2. The third kappa shape index (κ3) is 4.83. The van der Waals surface area contributed by atoms with Crippen molar-refractivity contribution in [2.24, 2.45) is 0 Å². The second-order valence-electron chi connectivity index (χ2n) is 6.14. The number of nitrogens with one attached hydrogen (secondary N) is 2. The monoisotopic (exact) mass is 348 g/mol. The number of carbonyl (C=O) groups is 1. The highest BCUT2D eigenvalue weighted by Crippen LogP contribution is 2.18. The maximum Gasteiger partial charge on any atom is 0.320 e. The SMILES string of the molecule is COCC(NC(=O)Nc1cnn(CC2CCCO2)c1)c1ccc(C)o1. The van der Waals surface area contributed by atoms with Gasteiger partial charge in [0.1, 0.15) is 17.6 Å². The lowest BCUT2D eigenvalue weighted by Crippen LogP contribution is -2.34. The smallest absolute Gasteiger partial charge is 0.320 e. The molecule has 3 rings (SSSR count). The van der Waals surface area contributed by atoms with E-state index >= 15 is 0 Å². The van der Waals surface area contributed by atoms with Gasteiger partial charge in [-0.25, -0.2) is 4.79 Å². The fourth-order valence-corrected chi connectivity index (χ4v) is 2.85.